The molecule has 0 saturated heterocycles. The van der Waals surface area contributed by atoms with Crippen LogP contribution in [-0.2, 0) is 4.79 Å². The van der Waals surface area contributed by atoms with E-state index in [1.807, 2.05) is 0 Å². The van der Waals surface area contributed by atoms with Gasteiger partial charge in [-0.3, -0.25) is 14.7 Å². The highest BCUT2D eigenvalue weighted by Gasteiger charge is 2.33. The number of carbonyl (C=O) groups excluding carboxylic acids is 1. The summed E-state index contributed by atoms with van der Waals surface area (Å²) in [5, 5.41) is 12.1. The van der Waals surface area contributed by atoms with Gasteiger partial charge in [0.2, 0.25) is 0 Å². The summed E-state index contributed by atoms with van der Waals surface area (Å²) >= 11 is 0. The van der Waals surface area contributed by atoms with Gasteiger partial charge in [0, 0.05) is 11.8 Å². The van der Waals surface area contributed by atoms with Crippen molar-refractivity contribution in [3.63, 3.8) is 0 Å². The molecule has 0 aliphatic carbocycles. The van der Waals surface area contributed by atoms with Gasteiger partial charge in [-0.2, -0.15) is 0 Å². The number of aromatic carboxylic acids is 1. The largest absolute Gasteiger partial charge is 0.478 e. The van der Waals surface area contributed by atoms with Crippen molar-refractivity contribution in [3.8, 4) is 0 Å². The maximum Gasteiger partial charge on any atom is 0.346 e. The molecule has 0 spiro atoms. The predicted molar refractivity (Wildman–Crippen MR) is 107 cm³/mol. The first kappa shape index (κ1) is 18.1. The predicted octanol–water partition coefficient (Wildman–Crippen LogP) is 2.01. The van der Waals surface area contributed by atoms with Crippen LogP contribution in [0.4, 0.5) is 17.2 Å². The molecule has 2 aromatic carbocycles. The molecule has 3 N–H and O–H groups in total. The van der Waals surface area contributed by atoms with Gasteiger partial charge in [-0.25, -0.2) is 19.6 Å². The van der Waals surface area contributed by atoms with Crippen molar-refractivity contribution in [2.75, 3.05) is 16.9 Å². The highest BCUT2D eigenvalue weighted by Crippen LogP contribution is 2.30. The van der Waals surface area contributed by atoms with E-state index in [-0.39, 0.29) is 23.9 Å². The molecule has 144 valence electrons. The van der Waals surface area contributed by atoms with Crippen LogP contribution in [0.25, 0.3) is 0 Å². The summed E-state index contributed by atoms with van der Waals surface area (Å²) in [6, 6.07) is 14.8. The molecule has 29 heavy (non-hydrogen) atoms. The fraction of sp³-hybridized carbons (Fsp3) is 0.0500. The monoisotopic (exact) mass is 389 g/mol. The molecule has 0 saturated carbocycles. The Kier molecular flexibility index (Phi) is 4.62. The number of aliphatic imine (C=N–C) groups is 1. The minimum Gasteiger partial charge on any atom is -0.478 e. The summed E-state index contributed by atoms with van der Waals surface area (Å²) in [5.41, 5.74) is 1.48. The lowest BCUT2D eigenvalue weighted by molar-refractivity contribution is -0.112. The van der Waals surface area contributed by atoms with Crippen LogP contribution >= 0.6 is 0 Å². The lowest BCUT2D eigenvalue weighted by atomic mass is 10.1. The summed E-state index contributed by atoms with van der Waals surface area (Å²) < 4.78 is 0. The van der Waals surface area contributed by atoms with Crippen LogP contribution in [0, 0.1) is 0 Å². The molecule has 1 aliphatic heterocycles. The van der Waals surface area contributed by atoms with Crippen molar-refractivity contribution in [2.24, 2.45) is 4.99 Å². The van der Waals surface area contributed by atoms with E-state index in [0.29, 0.717) is 22.8 Å². The van der Waals surface area contributed by atoms with Crippen molar-refractivity contribution >= 4 is 34.8 Å². The first-order valence-corrected chi connectivity index (χ1v) is 8.65. The quantitative estimate of drug-likeness (QED) is 0.612. The highest BCUT2D eigenvalue weighted by atomic mass is 16.4. The van der Waals surface area contributed by atoms with E-state index in [4.69, 9.17) is 5.11 Å². The average Bonchev–Trinajstić information content (AvgIpc) is 2.98. The number of hydrogen-bond donors (Lipinski definition) is 3. The molecule has 4 rings (SSSR count). The van der Waals surface area contributed by atoms with E-state index in [9.17, 15) is 14.4 Å². The first-order chi connectivity index (χ1) is 14.0. The Bertz CT molecular complexity index is 1200. The number of aromatic nitrogens is 2. The van der Waals surface area contributed by atoms with E-state index in [2.05, 4.69) is 20.3 Å². The van der Waals surface area contributed by atoms with Gasteiger partial charge >= 0.3 is 11.7 Å². The summed E-state index contributed by atoms with van der Waals surface area (Å²) in [5.74, 6) is -0.979. The van der Waals surface area contributed by atoms with Crippen molar-refractivity contribution in [3.05, 3.63) is 82.4 Å². The molecular weight excluding hydrogens is 374 g/mol. The average molecular weight is 389 g/mol. The van der Waals surface area contributed by atoms with Gasteiger partial charge in [0.15, 0.2) is 0 Å². The van der Waals surface area contributed by atoms with Crippen LogP contribution < -0.4 is 15.9 Å². The van der Waals surface area contributed by atoms with Crippen molar-refractivity contribution in [1.29, 1.82) is 0 Å². The second kappa shape index (κ2) is 7.39. The lowest BCUT2D eigenvalue weighted by Gasteiger charge is -2.17. The zero-order valence-corrected chi connectivity index (χ0v) is 15.0. The van der Waals surface area contributed by atoms with Gasteiger partial charge in [0.25, 0.3) is 5.91 Å². The summed E-state index contributed by atoms with van der Waals surface area (Å²) in [4.78, 5) is 47.5. The third-order valence-electron chi connectivity index (χ3n) is 4.33. The first-order valence-electron chi connectivity index (χ1n) is 8.65. The number of H-pyrrole nitrogens is 1. The molecule has 0 fully saturated rings. The minimum atomic E-state index is -1.07. The maximum atomic E-state index is 13.0. The number of carboxylic acid groups (broad SMARTS) is 1. The van der Waals surface area contributed by atoms with Crippen LogP contribution in [0.3, 0.4) is 0 Å². The van der Waals surface area contributed by atoms with Gasteiger partial charge in [-0.15, -0.1) is 0 Å². The van der Waals surface area contributed by atoms with E-state index in [0.717, 1.165) is 0 Å². The Labute approximate surface area is 164 Å². The molecule has 9 heteroatoms. The Morgan fingerprint density at radius 2 is 1.97 bits per heavy atom. The van der Waals surface area contributed by atoms with Crippen LogP contribution in [0.5, 0.6) is 0 Å². The number of nitrogens with one attached hydrogen (secondary N) is 2. The molecule has 9 nitrogen and oxygen atoms in total. The molecule has 1 aromatic heterocycles. The molecule has 0 radical (unpaired) electrons. The molecule has 2 heterocycles. The Morgan fingerprint density at radius 3 is 2.76 bits per heavy atom. The summed E-state index contributed by atoms with van der Waals surface area (Å²) in [7, 11) is 0. The smallest absolute Gasteiger partial charge is 0.346 e. The van der Waals surface area contributed by atoms with Crippen molar-refractivity contribution < 1.29 is 14.7 Å². The summed E-state index contributed by atoms with van der Waals surface area (Å²) in [6.45, 7) is 0.101. The number of carboxylic acids is 1. The number of hydrogen-bond acceptors (Lipinski definition) is 6. The second-order valence-electron chi connectivity index (χ2n) is 6.19. The van der Waals surface area contributed by atoms with E-state index < -0.39 is 11.7 Å². The van der Waals surface area contributed by atoms with Gasteiger partial charge in [-0.05, 0) is 30.3 Å². The molecular formula is C20H15N5O4. The maximum absolute atomic E-state index is 13.0. The molecule has 3 aromatic rings. The molecule has 0 unspecified atom stereocenters. The van der Waals surface area contributed by atoms with Gasteiger partial charge in [0.05, 0.1) is 23.6 Å². The van der Waals surface area contributed by atoms with Gasteiger partial charge in [0.1, 0.15) is 11.5 Å². The van der Waals surface area contributed by atoms with Gasteiger partial charge in [-0.1, -0.05) is 24.3 Å². The Morgan fingerprint density at radius 1 is 1.14 bits per heavy atom. The van der Waals surface area contributed by atoms with Gasteiger partial charge < -0.3 is 10.4 Å². The van der Waals surface area contributed by atoms with Crippen LogP contribution in [-0.4, -0.2) is 39.3 Å². The fourth-order valence-electron chi connectivity index (χ4n) is 3.00. The molecule has 1 amide bonds. The number of aromatic amines is 1. The number of carbonyl (C=O) groups is 2. The zero-order valence-electron chi connectivity index (χ0n) is 15.0. The third kappa shape index (κ3) is 3.61. The van der Waals surface area contributed by atoms with Crippen LogP contribution in [0.2, 0.25) is 0 Å². The standard InChI is InChI=1S/C20H15N5O4/c26-18-17(23-13-5-3-4-12(10-13)19(27)28)14-6-1-2-7-15(14)25(18)11-22-16-8-9-21-20(29)24-16/h1-10H,11H2,(H,27,28)(H2,21,22,24,29). The SMILES string of the molecule is O=C(O)c1cccc(N=C2C(=O)N(CNc3ccnc(=O)[nH]3)c3ccccc32)c1. The number of amides is 1. The molecule has 1 aliphatic rings. The number of fused-ring (bicyclic) bond motifs is 1. The van der Waals surface area contributed by atoms with E-state index >= 15 is 0 Å². The fourth-order valence-corrected chi connectivity index (χ4v) is 3.00. The number of rotatable bonds is 5. The molecule has 0 bridgehead atoms. The molecule has 0 atom stereocenters. The summed E-state index contributed by atoms with van der Waals surface area (Å²) in [6.07, 6.45) is 1.36. The topological polar surface area (TPSA) is 128 Å². The third-order valence-corrected chi connectivity index (χ3v) is 4.33. The number of anilines is 2. The van der Waals surface area contributed by atoms with Crippen LogP contribution in [0.15, 0.2) is 70.6 Å². The number of benzene rings is 2. The number of para-hydroxylation sites is 1. The Hall–Kier alpha value is -4.27. The lowest BCUT2D eigenvalue weighted by Crippen LogP contribution is -2.35. The second-order valence-corrected chi connectivity index (χ2v) is 6.19. The van der Waals surface area contributed by atoms with E-state index in [1.54, 1.807) is 42.5 Å². The number of nitrogens with zero attached hydrogens (tertiary/aromatic N) is 3. The minimum absolute atomic E-state index is 0.0887. The van der Waals surface area contributed by atoms with Crippen molar-refractivity contribution in [1.82, 2.24) is 9.97 Å². The van der Waals surface area contributed by atoms with Crippen LogP contribution in [0.1, 0.15) is 15.9 Å². The van der Waals surface area contributed by atoms with Crippen molar-refractivity contribution in [2.45, 2.75) is 0 Å². The highest BCUT2D eigenvalue weighted by molar-refractivity contribution is 6.54. The Balaban J connectivity index is 1.66. The van der Waals surface area contributed by atoms with E-state index in [1.165, 1.54) is 23.2 Å². The normalized spacial score (nSPS) is 14.1. The zero-order chi connectivity index (χ0) is 20.4.